The molecule has 0 unspecified atom stereocenters. The molecule has 1 aromatic heterocycles. The van der Waals surface area contributed by atoms with Crippen molar-refractivity contribution in [2.24, 2.45) is 11.1 Å². The predicted octanol–water partition coefficient (Wildman–Crippen LogP) is 4.42. The van der Waals surface area contributed by atoms with Crippen LogP contribution in [0.2, 0.25) is 0 Å². The molecule has 1 heterocycles. The first-order valence-corrected chi connectivity index (χ1v) is 11.2. The van der Waals surface area contributed by atoms with E-state index in [2.05, 4.69) is 4.98 Å². The number of thiazole rings is 1. The third kappa shape index (κ3) is 4.57. The van der Waals surface area contributed by atoms with Crippen LogP contribution in [0, 0.1) is 17.0 Å². The zero-order valence-electron chi connectivity index (χ0n) is 17.4. The lowest BCUT2D eigenvalue weighted by atomic mass is 9.73. The van der Waals surface area contributed by atoms with Crippen LogP contribution in [0.3, 0.4) is 0 Å². The molecule has 0 saturated heterocycles. The van der Waals surface area contributed by atoms with E-state index in [1.165, 1.54) is 16.2 Å². The fourth-order valence-electron chi connectivity index (χ4n) is 4.06. The Morgan fingerprint density at radius 2 is 1.88 bits per heavy atom. The van der Waals surface area contributed by atoms with Gasteiger partial charge in [0.05, 0.1) is 15.6 Å². The van der Waals surface area contributed by atoms with E-state index in [1.807, 2.05) is 24.3 Å². The minimum absolute atomic E-state index is 0.0796. The molecule has 1 fully saturated rings. The number of amides is 2. The number of halogens is 2. The average Bonchev–Trinajstić information content (AvgIpc) is 3.21. The van der Waals surface area contributed by atoms with Gasteiger partial charge in [-0.1, -0.05) is 42.7 Å². The monoisotopic (exact) mass is 459 g/mol. The molecule has 4 rings (SSSR count). The van der Waals surface area contributed by atoms with E-state index in [0.29, 0.717) is 24.0 Å². The second-order valence-electron chi connectivity index (χ2n) is 8.01. The van der Waals surface area contributed by atoms with Crippen LogP contribution >= 0.6 is 11.3 Å². The van der Waals surface area contributed by atoms with Crippen molar-refractivity contribution in [1.82, 2.24) is 4.98 Å². The smallest absolute Gasteiger partial charge is 0.266 e. The summed E-state index contributed by atoms with van der Waals surface area (Å²) in [5.74, 6) is -2.80. The molecule has 1 saturated carbocycles. The van der Waals surface area contributed by atoms with Crippen LogP contribution in [0.25, 0.3) is 10.2 Å². The predicted molar refractivity (Wildman–Crippen MR) is 119 cm³/mol. The number of benzene rings is 2. The molecule has 168 valence electrons. The van der Waals surface area contributed by atoms with Crippen molar-refractivity contribution >= 4 is 38.5 Å². The van der Waals surface area contributed by atoms with Crippen molar-refractivity contribution in [3.63, 3.8) is 0 Å². The summed E-state index contributed by atoms with van der Waals surface area (Å²) in [5.41, 5.74) is 5.67. The highest BCUT2D eigenvalue weighted by Crippen LogP contribution is 2.39. The summed E-state index contributed by atoms with van der Waals surface area (Å²) in [6, 6.07) is 10.3. The van der Waals surface area contributed by atoms with E-state index >= 15 is 0 Å². The second kappa shape index (κ2) is 9.20. The molecule has 2 N–H and O–H groups in total. The van der Waals surface area contributed by atoms with Crippen LogP contribution in [-0.2, 0) is 9.59 Å². The molecule has 0 bridgehead atoms. The number of aromatic nitrogens is 1. The molecule has 2 aromatic carbocycles. The van der Waals surface area contributed by atoms with Crippen molar-refractivity contribution < 1.29 is 23.1 Å². The zero-order valence-corrected chi connectivity index (χ0v) is 18.2. The van der Waals surface area contributed by atoms with E-state index < -0.39 is 35.5 Å². The number of nitrogens with two attached hydrogens (primary N) is 1. The maximum Gasteiger partial charge on any atom is 0.266 e. The molecule has 1 aliphatic rings. The SMILES string of the molecule is NC(=O)C1(CN(C(=O)COc2ccc(F)cc2F)c2nc3ccccc3s2)CCCCC1. The first kappa shape index (κ1) is 22.1. The van der Waals surface area contributed by atoms with Gasteiger partial charge in [0.2, 0.25) is 5.91 Å². The van der Waals surface area contributed by atoms with Gasteiger partial charge in [-0.15, -0.1) is 0 Å². The van der Waals surface area contributed by atoms with Crippen molar-refractivity contribution in [1.29, 1.82) is 0 Å². The fourth-order valence-corrected chi connectivity index (χ4v) is 5.04. The molecule has 9 heteroatoms. The Morgan fingerprint density at radius 1 is 1.12 bits per heavy atom. The van der Waals surface area contributed by atoms with Gasteiger partial charge in [0.25, 0.3) is 5.91 Å². The Kier molecular flexibility index (Phi) is 6.36. The van der Waals surface area contributed by atoms with Crippen molar-refractivity contribution in [3.05, 3.63) is 54.1 Å². The molecule has 0 atom stereocenters. The quantitative estimate of drug-likeness (QED) is 0.567. The van der Waals surface area contributed by atoms with Crippen LogP contribution in [0.4, 0.5) is 13.9 Å². The standard InChI is InChI=1S/C23H23F2N3O3S/c24-15-8-9-18(16(25)12-15)31-13-20(29)28(14-23(21(26)30)10-4-1-5-11-23)22-27-17-6-2-3-7-19(17)32-22/h2-3,6-9,12H,1,4-5,10-11,13-14H2,(H2,26,30). The number of carbonyl (C=O) groups excluding carboxylic acids is 2. The Labute approximate surface area is 188 Å². The lowest BCUT2D eigenvalue weighted by Gasteiger charge is -2.37. The minimum atomic E-state index is -0.898. The maximum atomic E-state index is 13.9. The number of carbonyl (C=O) groups is 2. The lowest BCUT2D eigenvalue weighted by molar-refractivity contribution is -0.129. The third-order valence-electron chi connectivity index (χ3n) is 5.85. The van der Waals surface area contributed by atoms with Crippen LogP contribution in [0.1, 0.15) is 32.1 Å². The van der Waals surface area contributed by atoms with Crippen LogP contribution in [0.15, 0.2) is 42.5 Å². The van der Waals surface area contributed by atoms with Gasteiger partial charge < -0.3 is 10.5 Å². The van der Waals surface area contributed by atoms with E-state index in [-0.39, 0.29) is 12.3 Å². The zero-order chi connectivity index (χ0) is 22.7. The summed E-state index contributed by atoms with van der Waals surface area (Å²) in [6.07, 6.45) is 3.89. The number of hydrogen-bond acceptors (Lipinski definition) is 5. The molecule has 1 aliphatic carbocycles. The van der Waals surface area contributed by atoms with Crippen LogP contribution < -0.4 is 15.4 Å². The highest BCUT2D eigenvalue weighted by atomic mass is 32.1. The van der Waals surface area contributed by atoms with Crippen molar-refractivity contribution in [3.8, 4) is 5.75 Å². The molecule has 6 nitrogen and oxygen atoms in total. The molecular formula is C23H23F2N3O3S. The number of rotatable bonds is 7. The van der Waals surface area contributed by atoms with Gasteiger partial charge in [-0.05, 0) is 37.1 Å². The minimum Gasteiger partial charge on any atom is -0.481 e. The van der Waals surface area contributed by atoms with Crippen molar-refractivity contribution in [2.75, 3.05) is 18.1 Å². The van der Waals surface area contributed by atoms with Gasteiger partial charge in [0, 0.05) is 12.6 Å². The Bertz CT molecular complexity index is 1110. The van der Waals surface area contributed by atoms with Crippen molar-refractivity contribution in [2.45, 2.75) is 32.1 Å². The van der Waals surface area contributed by atoms with Gasteiger partial charge in [-0.25, -0.2) is 13.8 Å². The number of ether oxygens (including phenoxy) is 1. The molecule has 32 heavy (non-hydrogen) atoms. The molecule has 0 radical (unpaired) electrons. The number of anilines is 1. The first-order chi connectivity index (χ1) is 15.4. The number of primary amides is 1. The van der Waals surface area contributed by atoms with E-state index in [9.17, 15) is 18.4 Å². The average molecular weight is 460 g/mol. The van der Waals surface area contributed by atoms with Gasteiger partial charge in [0.15, 0.2) is 23.3 Å². The Morgan fingerprint density at radius 3 is 2.56 bits per heavy atom. The fraction of sp³-hybridized carbons (Fsp3) is 0.348. The van der Waals surface area contributed by atoms with E-state index in [4.69, 9.17) is 10.5 Å². The normalized spacial score (nSPS) is 15.4. The molecular weight excluding hydrogens is 436 g/mol. The molecule has 0 aliphatic heterocycles. The van der Waals surface area contributed by atoms with Crippen LogP contribution in [0.5, 0.6) is 5.75 Å². The van der Waals surface area contributed by atoms with Gasteiger partial charge in [0.1, 0.15) is 5.82 Å². The number of hydrogen-bond donors (Lipinski definition) is 1. The van der Waals surface area contributed by atoms with E-state index in [1.54, 1.807) is 0 Å². The number of para-hydroxylation sites is 1. The largest absolute Gasteiger partial charge is 0.481 e. The van der Waals surface area contributed by atoms with Crippen LogP contribution in [-0.4, -0.2) is 29.9 Å². The Hall–Kier alpha value is -3.07. The maximum absolute atomic E-state index is 13.9. The number of fused-ring (bicyclic) bond motifs is 1. The topological polar surface area (TPSA) is 85.5 Å². The third-order valence-corrected chi connectivity index (χ3v) is 6.91. The summed E-state index contributed by atoms with van der Waals surface area (Å²) >= 11 is 1.32. The summed E-state index contributed by atoms with van der Waals surface area (Å²) in [5, 5.41) is 0.422. The van der Waals surface area contributed by atoms with Gasteiger partial charge >= 0.3 is 0 Å². The summed E-state index contributed by atoms with van der Waals surface area (Å²) in [4.78, 5) is 31.7. The Balaban J connectivity index is 1.63. The van der Waals surface area contributed by atoms with Gasteiger partial charge in [-0.3, -0.25) is 14.5 Å². The molecule has 3 aromatic rings. The number of nitrogens with zero attached hydrogens (tertiary/aromatic N) is 2. The molecule has 2 amide bonds. The summed E-state index contributed by atoms with van der Waals surface area (Å²) in [6.45, 7) is -0.413. The second-order valence-corrected chi connectivity index (χ2v) is 9.02. The first-order valence-electron chi connectivity index (χ1n) is 10.4. The summed E-state index contributed by atoms with van der Waals surface area (Å²) < 4.78 is 33.3. The van der Waals surface area contributed by atoms with Gasteiger partial charge in [-0.2, -0.15) is 0 Å². The highest BCUT2D eigenvalue weighted by molar-refractivity contribution is 7.22. The molecule has 0 spiro atoms. The lowest BCUT2D eigenvalue weighted by Crippen LogP contribution is -2.50. The van der Waals surface area contributed by atoms with E-state index in [0.717, 1.165) is 41.6 Å². The summed E-state index contributed by atoms with van der Waals surface area (Å²) in [7, 11) is 0. The highest BCUT2D eigenvalue weighted by Gasteiger charge is 2.41.